The highest BCUT2D eigenvalue weighted by Gasteiger charge is 2.45. The van der Waals surface area contributed by atoms with Gasteiger partial charge in [0.15, 0.2) is 0 Å². The lowest BCUT2D eigenvalue weighted by Crippen LogP contribution is -2.38. The van der Waals surface area contributed by atoms with Crippen molar-refractivity contribution < 1.29 is 14.0 Å². The summed E-state index contributed by atoms with van der Waals surface area (Å²) in [5, 5.41) is 2.93. The number of halogens is 1. The molecule has 5 rings (SSSR count). The Balaban J connectivity index is 1.24. The van der Waals surface area contributed by atoms with Crippen LogP contribution in [0.3, 0.4) is 0 Å². The van der Waals surface area contributed by atoms with Crippen LogP contribution in [0.25, 0.3) is 11.1 Å². The Morgan fingerprint density at radius 2 is 1.50 bits per heavy atom. The number of hydrogen-bond acceptors (Lipinski definition) is 3. The van der Waals surface area contributed by atoms with Crippen molar-refractivity contribution in [2.24, 2.45) is 17.8 Å². The lowest BCUT2D eigenvalue weighted by atomic mass is 10.0. The Hall–Kier alpha value is -3.09. The van der Waals surface area contributed by atoms with Crippen LogP contribution < -0.4 is 11.1 Å². The summed E-state index contributed by atoms with van der Waals surface area (Å²) >= 11 is 0. The highest BCUT2D eigenvalue weighted by Crippen LogP contribution is 2.37. The molecule has 2 aromatic rings. The third kappa shape index (κ3) is 3.60. The minimum absolute atomic E-state index is 0.174. The summed E-state index contributed by atoms with van der Waals surface area (Å²) in [7, 11) is 0. The van der Waals surface area contributed by atoms with Gasteiger partial charge in [-0.05, 0) is 48.2 Å². The van der Waals surface area contributed by atoms with E-state index in [0.29, 0.717) is 42.2 Å². The molecule has 1 aliphatic carbocycles. The molecule has 6 nitrogen and oxygen atoms in total. The van der Waals surface area contributed by atoms with Crippen LogP contribution in [0.1, 0.15) is 12.8 Å². The van der Waals surface area contributed by atoms with E-state index in [4.69, 9.17) is 5.73 Å². The first-order valence-corrected chi connectivity index (χ1v) is 10.5. The number of anilines is 2. The van der Waals surface area contributed by atoms with Gasteiger partial charge in [-0.25, -0.2) is 9.18 Å². The van der Waals surface area contributed by atoms with E-state index in [9.17, 15) is 14.0 Å². The van der Waals surface area contributed by atoms with Crippen LogP contribution in [0.2, 0.25) is 0 Å². The molecule has 2 heterocycles. The summed E-state index contributed by atoms with van der Waals surface area (Å²) in [5.74, 6) is 0.952. The monoisotopic (exact) mass is 408 g/mol. The van der Waals surface area contributed by atoms with E-state index in [1.807, 2.05) is 21.9 Å². The number of carbonyl (C=O) groups excluding carboxylic acids is 2. The predicted molar refractivity (Wildman–Crippen MR) is 113 cm³/mol. The van der Waals surface area contributed by atoms with Gasteiger partial charge < -0.3 is 20.9 Å². The number of nitrogens with one attached hydrogen (secondary N) is 1. The third-order valence-corrected chi connectivity index (χ3v) is 6.48. The second-order valence-electron chi connectivity index (χ2n) is 8.68. The molecule has 2 saturated heterocycles. The number of fused-ring (bicyclic) bond motifs is 1. The van der Waals surface area contributed by atoms with Gasteiger partial charge in [0.1, 0.15) is 5.82 Å². The Morgan fingerprint density at radius 1 is 0.900 bits per heavy atom. The number of amides is 3. The topological polar surface area (TPSA) is 78.7 Å². The number of nitrogens with two attached hydrogens (primary N) is 1. The highest BCUT2D eigenvalue weighted by atomic mass is 19.1. The predicted octanol–water partition coefficient (Wildman–Crippen LogP) is 3.41. The van der Waals surface area contributed by atoms with Gasteiger partial charge in [0.25, 0.3) is 0 Å². The fourth-order valence-corrected chi connectivity index (χ4v) is 4.61. The molecular formula is C23H25FN4O2. The lowest BCUT2D eigenvalue weighted by molar-refractivity contribution is -0.131. The van der Waals surface area contributed by atoms with Gasteiger partial charge in [0.2, 0.25) is 5.91 Å². The van der Waals surface area contributed by atoms with Crippen molar-refractivity contribution in [3.05, 3.63) is 48.3 Å². The molecule has 1 saturated carbocycles. The molecule has 3 aliphatic rings. The van der Waals surface area contributed by atoms with E-state index in [1.54, 1.807) is 18.2 Å². The van der Waals surface area contributed by atoms with Gasteiger partial charge in [0, 0.05) is 43.9 Å². The summed E-state index contributed by atoms with van der Waals surface area (Å²) in [5.41, 5.74) is 8.81. The first-order valence-electron chi connectivity index (χ1n) is 10.5. The number of nitrogen functional groups attached to an aromatic ring is 1. The van der Waals surface area contributed by atoms with E-state index < -0.39 is 0 Å². The largest absolute Gasteiger partial charge is 0.397 e. The lowest BCUT2D eigenvalue weighted by Gasteiger charge is -2.22. The van der Waals surface area contributed by atoms with E-state index in [-0.39, 0.29) is 17.8 Å². The molecule has 156 valence electrons. The van der Waals surface area contributed by atoms with Crippen molar-refractivity contribution in [1.29, 1.82) is 0 Å². The summed E-state index contributed by atoms with van der Waals surface area (Å²) in [6.45, 7) is 2.82. The zero-order valence-corrected chi connectivity index (χ0v) is 16.7. The van der Waals surface area contributed by atoms with Crippen molar-refractivity contribution in [2.45, 2.75) is 12.8 Å². The number of carbonyl (C=O) groups is 2. The number of benzene rings is 2. The van der Waals surface area contributed by atoms with Crippen LogP contribution in [0.4, 0.5) is 20.6 Å². The summed E-state index contributed by atoms with van der Waals surface area (Å²) in [4.78, 5) is 29.0. The molecule has 2 aliphatic heterocycles. The normalized spacial score (nSPS) is 22.8. The molecule has 7 heteroatoms. The highest BCUT2D eigenvalue weighted by molar-refractivity contribution is 5.94. The van der Waals surface area contributed by atoms with Gasteiger partial charge in [0.05, 0.1) is 11.4 Å². The maximum atomic E-state index is 13.2. The zero-order chi connectivity index (χ0) is 20.8. The minimum Gasteiger partial charge on any atom is -0.397 e. The number of rotatable bonds is 3. The van der Waals surface area contributed by atoms with Crippen LogP contribution >= 0.6 is 0 Å². The van der Waals surface area contributed by atoms with Gasteiger partial charge in [-0.3, -0.25) is 4.79 Å². The molecule has 0 spiro atoms. The molecule has 30 heavy (non-hydrogen) atoms. The van der Waals surface area contributed by atoms with Gasteiger partial charge >= 0.3 is 6.03 Å². The second-order valence-corrected chi connectivity index (χ2v) is 8.68. The molecule has 0 bridgehead atoms. The van der Waals surface area contributed by atoms with Crippen LogP contribution in [0, 0.1) is 23.6 Å². The molecular weight excluding hydrogens is 383 g/mol. The smallest absolute Gasteiger partial charge is 0.321 e. The molecule has 0 radical (unpaired) electrons. The average molecular weight is 408 g/mol. The van der Waals surface area contributed by atoms with Crippen molar-refractivity contribution in [3.63, 3.8) is 0 Å². The third-order valence-electron chi connectivity index (χ3n) is 6.48. The van der Waals surface area contributed by atoms with Crippen LogP contribution in [-0.2, 0) is 4.79 Å². The SMILES string of the molecule is Nc1ccc(-c2ccc(F)cc2)cc1NC(=O)N1CC2CN(C(=O)C3CC3)CC2C1. The number of hydrogen-bond donors (Lipinski definition) is 2. The molecule has 2 unspecified atom stereocenters. The second kappa shape index (κ2) is 7.31. The Morgan fingerprint density at radius 3 is 2.13 bits per heavy atom. The standard InChI is InChI=1S/C23H25FN4O2/c24-19-6-3-14(4-7-19)16-5-8-20(25)21(9-16)26-23(30)28-12-17-10-27(11-18(17)13-28)22(29)15-1-2-15/h3-9,15,17-18H,1-2,10-13,25H2,(H,26,30). The number of urea groups is 1. The van der Waals surface area contributed by atoms with Crippen molar-refractivity contribution in [1.82, 2.24) is 9.80 Å². The van der Waals surface area contributed by atoms with E-state index in [1.165, 1.54) is 12.1 Å². The maximum absolute atomic E-state index is 13.2. The van der Waals surface area contributed by atoms with Crippen LogP contribution in [0.15, 0.2) is 42.5 Å². The summed E-state index contributed by atoms with van der Waals surface area (Å²) in [6.07, 6.45) is 2.05. The minimum atomic E-state index is -0.292. The first kappa shape index (κ1) is 18.9. The zero-order valence-electron chi connectivity index (χ0n) is 16.7. The maximum Gasteiger partial charge on any atom is 0.321 e. The first-order chi connectivity index (χ1) is 14.5. The van der Waals surface area contributed by atoms with Crippen LogP contribution in [-0.4, -0.2) is 47.9 Å². The number of nitrogens with zero attached hydrogens (tertiary/aromatic N) is 2. The van der Waals surface area contributed by atoms with E-state index >= 15 is 0 Å². The van der Waals surface area contributed by atoms with E-state index in [2.05, 4.69) is 5.32 Å². The van der Waals surface area contributed by atoms with Crippen molar-refractivity contribution >= 4 is 23.3 Å². The quantitative estimate of drug-likeness (QED) is 0.764. The molecule has 0 aromatic heterocycles. The van der Waals surface area contributed by atoms with Crippen LogP contribution in [0.5, 0.6) is 0 Å². The Bertz CT molecular complexity index is 975. The van der Waals surface area contributed by atoms with Gasteiger partial charge in [-0.2, -0.15) is 0 Å². The van der Waals surface area contributed by atoms with Gasteiger partial charge in [-0.15, -0.1) is 0 Å². The Labute approximate surface area is 174 Å². The molecule has 3 amide bonds. The van der Waals surface area contributed by atoms with Crippen molar-refractivity contribution in [2.75, 3.05) is 37.2 Å². The number of likely N-dealkylation sites (tertiary alicyclic amines) is 2. The Kier molecular flexibility index (Phi) is 4.60. The molecule has 3 fully saturated rings. The summed E-state index contributed by atoms with van der Waals surface area (Å²) < 4.78 is 13.2. The van der Waals surface area contributed by atoms with Crippen molar-refractivity contribution in [3.8, 4) is 11.1 Å². The van der Waals surface area contributed by atoms with Gasteiger partial charge in [-0.1, -0.05) is 18.2 Å². The fraction of sp³-hybridized carbons (Fsp3) is 0.391. The molecule has 3 N–H and O–H groups in total. The average Bonchev–Trinajstić information content (AvgIpc) is 3.39. The molecule has 2 aromatic carbocycles. The molecule has 2 atom stereocenters. The van der Waals surface area contributed by atoms with E-state index in [0.717, 1.165) is 37.1 Å². The fourth-order valence-electron chi connectivity index (χ4n) is 4.61. The summed E-state index contributed by atoms with van der Waals surface area (Å²) in [6, 6.07) is 11.4.